The van der Waals surface area contributed by atoms with E-state index in [1.165, 1.54) is 23.5 Å². The summed E-state index contributed by atoms with van der Waals surface area (Å²) in [5, 5.41) is 13.1. The van der Waals surface area contributed by atoms with Crippen molar-refractivity contribution in [3.05, 3.63) is 81.8 Å². The Morgan fingerprint density at radius 1 is 1.00 bits per heavy atom. The van der Waals surface area contributed by atoms with Gasteiger partial charge in [0.25, 0.3) is 0 Å². The van der Waals surface area contributed by atoms with E-state index in [0.717, 1.165) is 62.5 Å². The highest BCUT2D eigenvalue weighted by molar-refractivity contribution is 5.92. The summed E-state index contributed by atoms with van der Waals surface area (Å²) in [7, 11) is 2.13. The summed E-state index contributed by atoms with van der Waals surface area (Å²) in [5.74, 6) is -0.940. The number of nitrogens with one attached hydrogen (secondary N) is 1. The number of aryl methyl sites for hydroxylation is 2. The van der Waals surface area contributed by atoms with Crippen molar-refractivity contribution in [2.45, 2.75) is 19.3 Å². The van der Waals surface area contributed by atoms with Crippen molar-refractivity contribution in [3.63, 3.8) is 0 Å². The van der Waals surface area contributed by atoms with Crippen molar-refractivity contribution in [2.24, 2.45) is 0 Å². The lowest BCUT2D eigenvalue weighted by molar-refractivity contribution is 0.0695. The molecule has 0 spiro atoms. The molecule has 2 N–H and O–H groups in total. The topological polar surface area (TPSA) is 104 Å². The number of aromatic nitrogens is 3. The van der Waals surface area contributed by atoms with Gasteiger partial charge in [-0.1, -0.05) is 12.1 Å². The minimum Gasteiger partial charge on any atom is -0.477 e. The molecule has 37 heavy (non-hydrogen) atoms. The molecule has 0 bridgehead atoms. The molecule has 1 fully saturated rings. The first-order valence-electron chi connectivity index (χ1n) is 12.5. The third-order valence-corrected chi connectivity index (χ3v) is 7.31. The third-order valence-electron chi connectivity index (χ3n) is 7.31. The Balaban J connectivity index is 1.40. The van der Waals surface area contributed by atoms with Crippen LogP contribution in [0.15, 0.2) is 59.7 Å². The Labute approximate surface area is 214 Å². The Morgan fingerprint density at radius 3 is 2.62 bits per heavy atom. The first-order valence-corrected chi connectivity index (χ1v) is 12.5. The second-order valence-electron chi connectivity index (χ2n) is 9.75. The highest BCUT2D eigenvalue weighted by atomic mass is 16.4. The molecule has 6 rings (SSSR count). The number of benzene rings is 2. The van der Waals surface area contributed by atoms with Gasteiger partial charge in [-0.05, 0) is 67.8 Å². The van der Waals surface area contributed by atoms with Crippen LogP contribution in [0.2, 0.25) is 0 Å². The number of fused-ring (bicyclic) bond motifs is 2. The molecule has 0 radical (unpaired) electrons. The molecule has 9 heteroatoms. The van der Waals surface area contributed by atoms with E-state index < -0.39 is 11.4 Å². The fraction of sp³-hybridized carbons (Fsp3) is 0.286. The van der Waals surface area contributed by atoms with Crippen LogP contribution in [-0.2, 0) is 12.8 Å². The number of likely N-dealkylation sites (N-methyl/N-ethyl adjacent to an activating group) is 1. The summed E-state index contributed by atoms with van der Waals surface area (Å²) in [6, 6.07) is 14.2. The van der Waals surface area contributed by atoms with Gasteiger partial charge in [0.1, 0.15) is 5.56 Å². The molecule has 188 valence electrons. The molecule has 2 aliphatic rings. The molecule has 0 saturated carbocycles. The second-order valence-corrected chi connectivity index (χ2v) is 9.75. The highest BCUT2D eigenvalue weighted by Gasteiger charge is 2.19. The van der Waals surface area contributed by atoms with Crippen molar-refractivity contribution in [2.75, 3.05) is 43.4 Å². The summed E-state index contributed by atoms with van der Waals surface area (Å²) in [6.07, 6.45) is 5.92. The van der Waals surface area contributed by atoms with Crippen molar-refractivity contribution in [1.82, 2.24) is 19.4 Å². The van der Waals surface area contributed by atoms with Gasteiger partial charge >= 0.3 is 5.97 Å². The molecule has 0 amide bonds. The first-order chi connectivity index (χ1) is 18.0. The van der Waals surface area contributed by atoms with Crippen LogP contribution in [0.25, 0.3) is 16.7 Å². The number of aromatic carboxylic acids is 1. The largest absolute Gasteiger partial charge is 0.477 e. The number of hydrogen-bond donors (Lipinski definition) is 2. The Hall–Kier alpha value is -4.24. The number of rotatable bonds is 5. The van der Waals surface area contributed by atoms with Crippen molar-refractivity contribution in [3.8, 4) is 5.69 Å². The summed E-state index contributed by atoms with van der Waals surface area (Å²) in [6.45, 7) is 3.96. The number of carboxylic acid groups (broad SMARTS) is 1. The van der Waals surface area contributed by atoms with Crippen LogP contribution in [0, 0.1) is 0 Å². The average molecular weight is 497 g/mol. The van der Waals surface area contributed by atoms with E-state index in [-0.39, 0.29) is 10.9 Å². The number of carboxylic acids is 1. The van der Waals surface area contributed by atoms with E-state index in [0.29, 0.717) is 11.6 Å². The van der Waals surface area contributed by atoms with Gasteiger partial charge in [0.05, 0.1) is 5.39 Å². The zero-order valence-corrected chi connectivity index (χ0v) is 20.6. The molecule has 1 aliphatic carbocycles. The van der Waals surface area contributed by atoms with Crippen LogP contribution in [0.3, 0.4) is 0 Å². The van der Waals surface area contributed by atoms with Crippen molar-refractivity contribution >= 4 is 34.3 Å². The Bertz CT molecular complexity index is 1570. The molecule has 0 unspecified atom stereocenters. The molecule has 4 aromatic rings. The lowest BCUT2D eigenvalue weighted by atomic mass is 10.1. The van der Waals surface area contributed by atoms with Crippen LogP contribution in [0.5, 0.6) is 0 Å². The van der Waals surface area contributed by atoms with Gasteiger partial charge in [0.15, 0.2) is 5.65 Å². The number of carbonyl (C=O) groups is 1. The normalized spacial score (nSPS) is 15.6. The molecule has 3 heterocycles. The molecule has 1 saturated heterocycles. The van der Waals surface area contributed by atoms with Gasteiger partial charge in [-0.3, -0.25) is 4.79 Å². The van der Waals surface area contributed by atoms with Crippen LogP contribution in [0.1, 0.15) is 27.9 Å². The third kappa shape index (κ3) is 4.42. The number of piperazine rings is 1. The highest BCUT2D eigenvalue weighted by Crippen LogP contribution is 2.27. The lowest BCUT2D eigenvalue weighted by Crippen LogP contribution is -2.44. The number of anilines is 3. The summed E-state index contributed by atoms with van der Waals surface area (Å²) in [4.78, 5) is 38.5. The number of hydrogen-bond acceptors (Lipinski definition) is 7. The second kappa shape index (κ2) is 9.33. The molecule has 9 nitrogen and oxygen atoms in total. The zero-order valence-electron chi connectivity index (χ0n) is 20.6. The summed E-state index contributed by atoms with van der Waals surface area (Å²) in [5.41, 5.74) is 4.75. The van der Waals surface area contributed by atoms with Gasteiger partial charge in [0.2, 0.25) is 11.4 Å². The van der Waals surface area contributed by atoms with E-state index in [2.05, 4.69) is 56.4 Å². The molecule has 0 atom stereocenters. The number of pyridine rings is 1. The number of nitrogens with zero attached hydrogens (tertiary/aromatic N) is 5. The van der Waals surface area contributed by atoms with E-state index in [4.69, 9.17) is 0 Å². The van der Waals surface area contributed by atoms with E-state index in [9.17, 15) is 14.7 Å². The first kappa shape index (κ1) is 23.2. The molecule has 2 aromatic heterocycles. The SMILES string of the molecule is CN1CCN(c2cccc(Nc3ncc4c(=O)c(C(=O)O)cn(-c5ccc6c(c5)CCC6)c4n3)c2)CC1. The van der Waals surface area contributed by atoms with Crippen molar-refractivity contribution in [1.29, 1.82) is 0 Å². The minimum absolute atomic E-state index is 0.164. The van der Waals surface area contributed by atoms with Gasteiger partial charge in [-0.25, -0.2) is 9.78 Å². The fourth-order valence-electron chi connectivity index (χ4n) is 5.20. The Morgan fingerprint density at radius 2 is 1.81 bits per heavy atom. The molecule has 1 aliphatic heterocycles. The van der Waals surface area contributed by atoms with Crippen LogP contribution < -0.4 is 15.6 Å². The maximum absolute atomic E-state index is 12.9. The Kier molecular flexibility index (Phi) is 5.84. The van der Waals surface area contributed by atoms with Gasteiger partial charge in [-0.2, -0.15) is 4.98 Å². The van der Waals surface area contributed by atoms with Crippen LogP contribution >= 0.6 is 0 Å². The van der Waals surface area contributed by atoms with Gasteiger partial charge in [0, 0.05) is 55.6 Å². The molecular weight excluding hydrogens is 468 g/mol. The van der Waals surface area contributed by atoms with E-state index >= 15 is 0 Å². The molecule has 2 aromatic carbocycles. The van der Waals surface area contributed by atoms with Gasteiger partial charge < -0.3 is 24.8 Å². The zero-order chi connectivity index (χ0) is 25.5. The van der Waals surface area contributed by atoms with Gasteiger partial charge in [-0.15, -0.1) is 0 Å². The van der Waals surface area contributed by atoms with E-state index in [1.807, 2.05) is 18.2 Å². The van der Waals surface area contributed by atoms with Crippen LogP contribution in [-0.4, -0.2) is 63.7 Å². The predicted molar refractivity (Wildman–Crippen MR) is 144 cm³/mol. The van der Waals surface area contributed by atoms with E-state index in [1.54, 1.807) is 4.57 Å². The smallest absolute Gasteiger partial charge is 0.341 e. The molecular formula is C28H28N6O3. The lowest BCUT2D eigenvalue weighted by Gasteiger charge is -2.34. The summed E-state index contributed by atoms with van der Waals surface area (Å²) < 4.78 is 1.69. The average Bonchev–Trinajstić information content (AvgIpc) is 3.37. The maximum Gasteiger partial charge on any atom is 0.341 e. The fourth-order valence-corrected chi connectivity index (χ4v) is 5.20. The van der Waals surface area contributed by atoms with Crippen LogP contribution in [0.4, 0.5) is 17.3 Å². The minimum atomic E-state index is -1.27. The van der Waals surface area contributed by atoms with Crippen molar-refractivity contribution < 1.29 is 9.90 Å². The predicted octanol–water partition coefficient (Wildman–Crippen LogP) is 3.46. The maximum atomic E-state index is 12.9. The quantitative estimate of drug-likeness (QED) is 0.433. The summed E-state index contributed by atoms with van der Waals surface area (Å²) >= 11 is 0. The monoisotopic (exact) mass is 496 g/mol. The standard InChI is InChI=1S/C28H28N6O3/c1-32-10-12-33(13-11-32)21-7-3-6-20(15-21)30-28-29-16-23-25(35)24(27(36)37)17-34(26(23)31-28)22-9-8-18-4-2-5-19(18)14-22/h3,6-9,14-17H,2,4-5,10-13H2,1H3,(H,36,37)(H,29,30,31).